The lowest BCUT2D eigenvalue weighted by Crippen LogP contribution is -2.20. The van der Waals surface area contributed by atoms with Crippen molar-refractivity contribution in [1.29, 1.82) is 0 Å². The van der Waals surface area contributed by atoms with Crippen LogP contribution in [-0.4, -0.2) is 38.4 Å². The molecule has 0 saturated carbocycles. The second kappa shape index (κ2) is 6.16. The lowest BCUT2D eigenvalue weighted by molar-refractivity contribution is 0.210. The average Bonchev–Trinajstić information content (AvgIpc) is 2.13. The van der Waals surface area contributed by atoms with Crippen molar-refractivity contribution in [3.63, 3.8) is 0 Å². The van der Waals surface area contributed by atoms with Gasteiger partial charge in [0.2, 0.25) is 0 Å². The summed E-state index contributed by atoms with van der Waals surface area (Å²) < 4.78 is 0. The molecule has 74 valence electrons. The summed E-state index contributed by atoms with van der Waals surface area (Å²) in [5, 5.41) is 7.53. The van der Waals surface area contributed by atoms with Gasteiger partial charge in [-0.25, -0.2) is 0 Å². The van der Waals surface area contributed by atoms with Crippen molar-refractivity contribution in [3.05, 3.63) is 0 Å². The van der Waals surface area contributed by atoms with Gasteiger partial charge in [0.15, 0.2) is 0 Å². The standard InChI is InChI=1S/C8H15N3O2/c1-6(9-3)8(11-13-5)7(2)10-12-4/h1-5H3/b9-6?,10-7-,11-8+. The first-order chi connectivity index (χ1) is 6.17. The Balaban J connectivity index is 4.83. The molecule has 0 unspecified atom stereocenters. The highest BCUT2D eigenvalue weighted by Crippen LogP contribution is 1.91. The highest BCUT2D eigenvalue weighted by atomic mass is 16.6. The quantitative estimate of drug-likeness (QED) is 0.486. The molecule has 0 saturated heterocycles. The number of oxime groups is 2. The third-order valence-corrected chi connectivity index (χ3v) is 1.43. The van der Waals surface area contributed by atoms with Gasteiger partial charge in [0.05, 0.1) is 5.71 Å². The van der Waals surface area contributed by atoms with E-state index in [1.165, 1.54) is 14.2 Å². The van der Waals surface area contributed by atoms with Gasteiger partial charge in [-0.2, -0.15) is 0 Å². The van der Waals surface area contributed by atoms with Crippen LogP contribution in [0.2, 0.25) is 0 Å². The minimum absolute atomic E-state index is 0.590. The zero-order chi connectivity index (χ0) is 10.3. The van der Waals surface area contributed by atoms with Crippen LogP contribution in [0.5, 0.6) is 0 Å². The number of hydrogen-bond donors (Lipinski definition) is 0. The van der Waals surface area contributed by atoms with Crippen LogP contribution in [0.15, 0.2) is 15.3 Å². The molecule has 0 aliphatic rings. The average molecular weight is 185 g/mol. The van der Waals surface area contributed by atoms with Crippen molar-refractivity contribution in [1.82, 2.24) is 0 Å². The molecular formula is C8H15N3O2. The Morgan fingerprint density at radius 1 is 0.923 bits per heavy atom. The summed E-state index contributed by atoms with van der Waals surface area (Å²) in [6, 6.07) is 0. The van der Waals surface area contributed by atoms with Crippen molar-refractivity contribution in [2.24, 2.45) is 15.3 Å². The molecule has 0 amide bonds. The maximum atomic E-state index is 4.67. The first-order valence-corrected chi connectivity index (χ1v) is 3.80. The second-order valence-electron chi connectivity index (χ2n) is 2.29. The lowest BCUT2D eigenvalue weighted by atomic mass is 10.2. The number of rotatable bonds is 4. The number of hydrogen-bond acceptors (Lipinski definition) is 5. The summed E-state index contributed by atoms with van der Waals surface area (Å²) in [7, 11) is 4.63. The van der Waals surface area contributed by atoms with Gasteiger partial charge in [0, 0.05) is 7.05 Å². The molecule has 5 heteroatoms. The van der Waals surface area contributed by atoms with E-state index in [9.17, 15) is 0 Å². The van der Waals surface area contributed by atoms with Crippen molar-refractivity contribution >= 4 is 17.1 Å². The highest BCUT2D eigenvalue weighted by Gasteiger charge is 2.08. The van der Waals surface area contributed by atoms with Crippen molar-refractivity contribution < 1.29 is 9.68 Å². The first-order valence-electron chi connectivity index (χ1n) is 3.80. The zero-order valence-electron chi connectivity index (χ0n) is 8.66. The van der Waals surface area contributed by atoms with E-state index in [-0.39, 0.29) is 0 Å². The Hall–Kier alpha value is -1.39. The molecule has 0 aromatic carbocycles. The summed E-state index contributed by atoms with van der Waals surface area (Å²) >= 11 is 0. The molecule has 0 aromatic rings. The monoisotopic (exact) mass is 185 g/mol. The van der Waals surface area contributed by atoms with Gasteiger partial charge < -0.3 is 9.68 Å². The van der Waals surface area contributed by atoms with E-state index in [2.05, 4.69) is 25.0 Å². The topological polar surface area (TPSA) is 55.5 Å². The lowest BCUT2D eigenvalue weighted by Gasteiger charge is -2.02. The second-order valence-corrected chi connectivity index (χ2v) is 2.29. The summed E-state index contributed by atoms with van der Waals surface area (Å²) in [5.74, 6) is 0. The van der Waals surface area contributed by atoms with Gasteiger partial charge in [-0.05, 0) is 13.8 Å². The van der Waals surface area contributed by atoms with E-state index in [0.29, 0.717) is 11.4 Å². The summed E-state index contributed by atoms with van der Waals surface area (Å²) in [4.78, 5) is 13.3. The molecule has 0 N–H and O–H groups in total. The van der Waals surface area contributed by atoms with Crippen LogP contribution in [0.25, 0.3) is 0 Å². The van der Waals surface area contributed by atoms with Crippen molar-refractivity contribution in [2.45, 2.75) is 13.8 Å². The smallest absolute Gasteiger partial charge is 0.148 e. The van der Waals surface area contributed by atoms with Crippen molar-refractivity contribution in [2.75, 3.05) is 21.3 Å². The van der Waals surface area contributed by atoms with Crippen LogP contribution in [0.3, 0.4) is 0 Å². The van der Waals surface area contributed by atoms with Crippen LogP contribution in [0.1, 0.15) is 13.8 Å². The van der Waals surface area contributed by atoms with Crippen LogP contribution in [0.4, 0.5) is 0 Å². The molecule has 0 atom stereocenters. The summed E-state index contributed by atoms with van der Waals surface area (Å²) in [5.41, 5.74) is 1.97. The Labute approximate surface area is 78.1 Å². The third-order valence-electron chi connectivity index (χ3n) is 1.43. The van der Waals surface area contributed by atoms with E-state index < -0.39 is 0 Å². The van der Waals surface area contributed by atoms with Gasteiger partial charge in [0.1, 0.15) is 25.6 Å². The Kier molecular flexibility index (Phi) is 5.50. The molecule has 5 nitrogen and oxygen atoms in total. The van der Waals surface area contributed by atoms with Gasteiger partial charge in [0.25, 0.3) is 0 Å². The molecule has 0 heterocycles. The SMILES string of the molecule is CN=C(C)C(=N\OC)/C(C)=N\OC. The molecule has 0 spiro atoms. The van der Waals surface area contributed by atoms with Crippen LogP contribution in [-0.2, 0) is 9.68 Å². The predicted octanol–water partition coefficient (Wildman–Crippen LogP) is 1.10. The highest BCUT2D eigenvalue weighted by molar-refractivity contribution is 6.67. The zero-order valence-corrected chi connectivity index (χ0v) is 8.66. The fraction of sp³-hybridized carbons (Fsp3) is 0.625. The maximum absolute atomic E-state index is 4.67. The molecular weight excluding hydrogens is 170 g/mol. The fourth-order valence-electron chi connectivity index (χ4n) is 0.771. The van der Waals surface area contributed by atoms with E-state index >= 15 is 0 Å². The third kappa shape index (κ3) is 3.68. The normalized spacial score (nSPS) is 14.4. The number of aliphatic imine (C=N–C) groups is 1. The van der Waals surface area contributed by atoms with Crippen LogP contribution in [0, 0.1) is 0 Å². The van der Waals surface area contributed by atoms with E-state index in [4.69, 9.17) is 0 Å². The minimum atomic E-state index is 0.590. The molecule has 0 aliphatic heterocycles. The number of nitrogens with zero attached hydrogens (tertiary/aromatic N) is 3. The van der Waals surface area contributed by atoms with Crippen LogP contribution < -0.4 is 0 Å². The first kappa shape index (κ1) is 11.6. The van der Waals surface area contributed by atoms with Gasteiger partial charge in [-0.15, -0.1) is 0 Å². The molecule has 0 bridgehead atoms. The molecule has 0 aromatic heterocycles. The Morgan fingerprint density at radius 3 is 1.85 bits per heavy atom. The fourth-order valence-corrected chi connectivity index (χ4v) is 0.771. The van der Waals surface area contributed by atoms with Gasteiger partial charge >= 0.3 is 0 Å². The molecule has 13 heavy (non-hydrogen) atoms. The molecule has 0 aliphatic carbocycles. The van der Waals surface area contributed by atoms with E-state index in [1.54, 1.807) is 14.0 Å². The maximum Gasteiger partial charge on any atom is 0.148 e. The van der Waals surface area contributed by atoms with Crippen LogP contribution >= 0.6 is 0 Å². The van der Waals surface area contributed by atoms with Gasteiger partial charge in [-0.1, -0.05) is 10.3 Å². The Bertz CT molecular complexity index is 244. The predicted molar refractivity (Wildman–Crippen MR) is 53.6 cm³/mol. The van der Waals surface area contributed by atoms with E-state index in [1.807, 2.05) is 6.92 Å². The molecule has 0 fully saturated rings. The van der Waals surface area contributed by atoms with Gasteiger partial charge in [-0.3, -0.25) is 4.99 Å². The van der Waals surface area contributed by atoms with E-state index in [0.717, 1.165) is 5.71 Å². The molecule has 0 radical (unpaired) electrons. The van der Waals surface area contributed by atoms with Crippen molar-refractivity contribution in [3.8, 4) is 0 Å². The minimum Gasteiger partial charge on any atom is -0.399 e. The largest absolute Gasteiger partial charge is 0.399 e. The summed E-state index contributed by atoms with van der Waals surface area (Å²) in [6.07, 6.45) is 0. The molecule has 0 rings (SSSR count). The Morgan fingerprint density at radius 2 is 1.46 bits per heavy atom. The summed E-state index contributed by atoms with van der Waals surface area (Å²) in [6.45, 7) is 3.60.